The van der Waals surface area contributed by atoms with Gasteiger partial charge in [0.2, 0.25) is 0 Å². The van der Waals surface area contributed by atoms with Gasteiger partial charge in [0.15, 0.2) is 0 Å². The monoisotopic (exact) mass is 618 g/mol. The molecule has 43 heavy (non-hydrogen) atoms. The highest BCUT2D eigenvalue weighted by Gasteiger charge is 2.53. The normalized spacial score (nSPS) is 23.7. The number of hydrogen-bond donors (Lipinski definition) is 1. The Balaban J connectivity index is 1.20. The number of nitriles is 1. The zero-order valence-corrected chi connectivity index (χ0v) is 24.9. The summed E-state index contributed by atoms with van der Waals surface area (Å²) in [6, 6.07) is 17.6. The second-order valence-corrected chi connectivity index (χ2v) is 13.8. The molecule has 2 aromatic rings. The summed E-state index contributed by atoms with van der Waals surface area (Å²) in [6.07, 6.45) is 3.37. The second kappa shape index (κ2) is 12.4. The number of ether oxygens (including phenoxy) is 1. The Hall–Kier alpha value is -3.30. The van der Waals surface area contributed by atoms with E-state index in [0.29, 0.717) is 11.6 Å². The van der Waals surface area contributed by atoms with Crippen molar-refractivity contribution >= 4 is 21.6 Å². The summed E-state index contributed by atoms with van der Waals surface area (Å²) in [5.41, 5.74) is -4.41. The SMILES string of the molecule is CNC(=O)O[C@H]1CCC[C@@H]1C(C#N)(c1ccccc1)C1CCN(CC2CN(c3ccc(S(=O)(=O)C(F)(F)F)cc3)C2)CC1. The number of hydrogen-bond acceptors (Lipinski definition) is 7. The molecule has 1 aliphatic carbocycles. The smallest absolute Gasteiger partial charge is 0.446 e. The molecular formula is C31H37F3N4O4S. The summed E-state index contributed by atoms with van der Waals surface area (Å²) >= 11 is 0. The number of nitrogens with one attached hydrogen (secondary N) is 1. The predicted octanol–water partition coefficient (Wildman–Crippen LogP) is 5.11. The first-order valence-electron chi connectivity index (χ1n) is 14.7. The quantitative estimate of drug-likeness (QED) is 0.439. The molecule has 1 N–H and O–H groups in total. The second-order valence-electron chi connectivity index (χ2n) is 11.9. The van der Waals surface area contributed by atoms with E-state index in [1.807, 2.05) is 35.2 Å². The van der Waals surface area contributed by atoms with Crippen LogP contribution >= 0.6 is 0 Å². The summed E-state index contributed by atoms with van der Waals surface area (Å²) in [7, 11) is -3.82. The lowest BCUT2D eigenvalue weighted by Gasteiger charge is -2.47. The molecule has 2 heterocycles. The Morgan fingerprint density at radius 2 is 1.67 bits per heavy atom. The van der Waals surface area contributed by atoms with Crippen LogP contribution in [0, 0.1) is 29.1 Å². The van der Waals surface area contributed by atoms with Crippen LogP contribution in [0.1, 0.15) is 37.7 Å². The highest BCUT2D eigenvalue weighted by molar-refractivity contribution is 7.92. The maximum Gasteiger partial charge on any atom is 0.501 e. The maximum absolute atomic E-state index is 12.8. The standard InChI is InChI=1S/C31H37F3N4O4S/c1-36-29(39)42-28-9-5-8-27(28)30(21-35,23-6-3-2-4-7-23)24-14-16-37(17-15-24)18-22-19-38(20-22)25-10-12-26(13-11-25)43(40,41)31(32,33)34/h2-4,6-7,10-13,22,24,27-28H,5,8-9,14-20H2,1H3,(H,36,39)/t27-,28-,30?/m0/s1. The number of halogens is 3. The van der Waals surface area contributed by atoms with E-state index in [0.717, 1.165) is 82.5 Å². The molecular weight excluding hydrogens is 581 g/mol. The number of carbonyl (C=O) groups is 1. The summed E-state index contributed by atoms with van der Waals surface area (Å²) in [6.45, 7) is 4.03. The third-order valence-corrected chi connectivity index (χ3v) is 11.0. The van der Waals surface area contributed by atoms with E-state index in [1.165, 1.54) is 12.1 Å². The van der Waals surface area contributed by atoms with Crippen LogP contribution < -0.4 is 10.2 Å². The lowest BCUT2D eigenvalue weighted by atomic mass is 9.59. The number of nitrogens with zero attached hydrogens (tertiary/aromatic N) is 3. The number of likely N-dealkylation sites (tertiary alicyclic amines) is 1. The molecule has 1 saturated carbocycles. The number of sulfone groups is 1. The van der Waals surface area contributed by atoms with Crippen molar-refractivity contribution in [3.05, 3.63) is 60.2 Å². The number of rotatable bonds is 8. The van der Waals surface area contributed by atoms with Crippen molar-refractivity contribution in [1.29, 1.82) is 5.26 Å². The third kappa shape index (κ3) is 6.07. The van der Waals surface area contributed by atoms with Crippen molar-refractivity contribution in [2.75, 3.05) is 44.7 Å². The van der Waals surface area contributed by atoms with E-state index in [1.54, 1.807) is 7.05 Å². The van der Waals surface area contributed by atoms with Gasteiger partial charge in [0, 0.05) is 44.2 Å². The van der Waals surface area contributed by atoms with Crippen molar-refractivity contribution in [2.45, 2.75) is 54.0 Å². The van der Waals surface area contributed by atoms with Gasteiger partial charge in [0.05, 0.1) is 16.4 Å². The van der Waals surface area contributed by atoms with Crippen molar-refractivity contribution in [3.8, 4) is 6.07 Å². The first-order chi connectivity index (χ1) is 20.5. The topological polar surface area (TPSA) is 103 Å². The van der Waals surface area contributed by atoms with Gasteiger partial charge >= 0.3 is 11.6 Å². The molecule has 5 rings (SSSR count). The Labute approximate surface area is 250 Å². The fourth-order valence-corrected chi connectivity index (χ4v) is 8.05. The predicted molar refractivity (Wildman–Crippen MR) is 155 cm³/mol. The number of anilines is 1. The molecule has 232 valence electrons. The fourth-order valence-electron chi connectivity index (χ4n) is 7.29. The fraction of sp³-hybridized carbons (Fsp3) is 0.548. The molecule has 2 saturated heterocycles. The molecule has 1 amide bonds. The lowest BCUT2D eigenvalue weighted by molar-refractivity contribution is -0.0436. The largest absolute Gasteiger partial charge is 0.501 e. The maximum atomic E-state index is 12.8. The Kier molecular flexibility index (Phi) is 8.95. The van der Waals surface area contributed by atoms with Crippen LogP contribution in [-0.4, -0.2) is 70.8 Å². The molecule has 2 aliphatic heterocycles. The Morgan fingerprint density at radius 1 is 1.02 bits per heavy atom. The number of piperidine rings is 1. The molecule has 3 atom stereocenters. The summed E-state index contributed by atoms with van der Waals surface area (Å²) in [4.78, 5) is 15.8. The molecule has 3 fully saturated rings. The minimum Gasteiger partial charge on any atom is -0.446 e. The highest BCUT2D eigenvalue weighted by Crippen LogP contribution is 2.51. The number of amides is 1. The van der Waals surface area contributed by atoms with Crippen molar-refractivity contribution < 1.29 is 31.1 Å². The Morgan fingerprint density at radius 3 is 2.26 bits per heavy atom. The van der Waals surface area contributed by atoms with Gasteiger partial charge in [-0.2, -0.15) is 18.4 Å². The average molecular weight is 619 g/mol. The third-order valence-electron chi connectivity index (χ3n) is 9.46. The van der Waals surface area contributed by atoms with Crippen LogP contribution in [0.4, 0.5) is 23.7 Å². The number of benzene rings is 2. The molecule has 2 aromatic carbocycles. The van der Waals surface area contributed by atoms with Gasteiger partial charge in [0.25, 0.3) is 9.84 Å². The molecule has 0 radical (unpaired) electrons. The van der Waals surface area contributed by atoms with Crippen LogP contribution in [0.5, 0.6) is 0 Å². The van der Waals surface area contributed by atoms with Gasteiger partial charge in [-0.3, -0.25) is 0 Å². The minimum absolute atomic E-state index is 0.0913. The average Bonchev–Trinajstić information content (AvgIpc) is 3.44. The molecule has 3 aliphatic rings. The lowest BCUT2D eigenvalue weighted by Crippen LogP contribution is -2.54. The minimum atomic E-state index is -5.36. The zero-order valence-electron chi connectivity index (χ0n) is 24.1. The summed E-state index contributed by atoms with van der Waals surface area (Å²) in [5, 5.41) is 13.4. The van der Waals surface area contributed by atoms with Crippen molar-refractivity contribution in [3.63, 3.8) is 0 Å². The van der Waals surface area contributed by atoms with Crippen LogP contribution in [0.25, 0.3) is 0 Å². The van der Waals surface area contributed by atoms with Crippen LogP contribution in [-0.2, 0) is 20.0 Å². The van der Waals surface area contributed by atoms with Crippen molar-refractivity contribution in [2.24, 2.45) is 17.8 Å². The molecule has 0 spiro atoms. The number of carbonyl (C=O) groups excluding carboxylic acids is 1. The van der Waals surface area contributed by atoms with E-state index in [2.05, 4.69) is 16.3 Å². The van der Waals surface area contributed by atoms with Crippen LogP contribution in [0.2, 0.25) is 0 Å². The Bertz CT molecular complexity index is 1420. The summed E-state index contributed by atoms with van der Waals surface area (Å²) in [5.74, 6) is 0.399. The first kappa shape index (κ1) is 31.1. The van der Waals surface area contributed by atoms with Gasteiger partial charge in [-0.1, -0.05) is 30.3 Å². The van der Waals surface area contributed by atoms with Crippen LogP contribution in [0.15, 0.2) is 59.5 Å². The van der Waals surface area contributed by atoms with Crippen molar-refractivity contribution in [1.82, 2.24) is 10.2 Å². The van der Waals surface area contributed by atoms with E-state index < -0.39 is 31.7 Å². The highest BCUT2D eigenvalue weighted by atomic mass is 32.2. The molecule has 12 heteroatoms. The van der Waals surface area contributed by atoms with E-state index in [-0.39, 0.29) is 17.9 Å². The number of alkyl halides is 3. The molecule has 0 aromatic heterocycles. The van der Waals surface area contributed by atoms with Gasteiger partial charge in [0.1, 0.15) is 6.10 Å². The van der Waals surface area contributed by atoms with E-state index in [4.69, 9.17) is 4.74 Å². The zero-order chi connectivity index (χ0) is 30.8. The summed E-state index contributed by atoms with van der Waals surface area (Å²) < 4.78 is 67.6. The van der Waals surface area contributed by atoms with Gasteiger partial charge in [-0.05, 0) is 80.9 Å². The van der Waals surface area contributed by atoms with E-state index in [9.17, 15) is 31.6 Å². The van der Waals surface area contributed by atoms with Crippen LogP contribution in [0.3, 0.4) is 0 Å². The van der Waals surface area contributed by atoms with Gasteiger partial charge in [-0.25, -0.2) is 13.2 Å². The first-order valence-corrected chi connectivity index (χ1v) is 16.2. The molecule has 8 nitrogen and oxygen atoms in total. The van der Waals surface area contributed by atoms with Gasteiger partial charge in [-0.15, -0.1) is 0 Å². The molecule has 0 bridgehead atoms. The molecule has 1 unspecified atom stereocenters. The van der Waals surface area contributed by atoms with E-state index >= 15 is 0 Å². The number of alkyl carbamates (subject to hydrolysis) is 1. The van der Waals surface area contributed by atoms with Gasteiger partial charge < -0.3 is 19.9 Å².